The average molecular weight is 341 g/mol. The van der Waals surface area contributed by atoms with Gasteiger partial charge in [0.15, 0.2) is 6.20 Å². The van der Waals surface area contributed by atoms with E-state index in [1.54, 1.807) is 0 Å². The van der Waals surface area contributed by atoms with E-state index in [1.807, 2.05) is 47.2 Å². The normalized spacial score (nSPS) is 10.8. The molecule has 1 heterocycles. The van der Waals surface area contributed by atoms with Crippen LogP contribution >= 0.6 is 15.9 Å². The zero-order chi connectivity index (χ0) is 14.8. The van der Waals surface area contributed by atoms with Crippen LogP contribution in [0.1, 0.15) is 15.9 Å². The predicted octanol–water partition coefficient (Wildman–Crippen LogP) is 4.08. The first-order chi connectivity index (χ1) is 10.1. The number of fused-ring (bicyclic) bond motifs is 1. The van der Waals surface area contributed by atoms with Gasteiger partial charge in [-0.25, -0.2) is 0 Å². The minimum Gasteiger partial charge on any atom is -0.287 e. The molecule has 0 saturated carbocycles. The van der Waals surface area contributed by atoms with E-state index in [2.05, 4.69) is 41.1 Å². The number of carbonyl (C=O) groups excluding carboxylic acids is 1. The lowest BCUT2D eigenvalue weighted by Crippen LogP contribution is -2.38. The summed E-state index contributed by atoms with van der Waals surface area (Å²) in [7, 11) is 0. The topological polar surface area (TPSA) is 20.9 Å². The first kappa shape index (κ1) is 14.0. The number of aromatic nitrogens is 1. The number of carbonyl (C=O) groups is 1. The zero-order valence-corrected chi connectivity index (χ0v) is 13.3. The van der Waals surface area contributed by atoms with Gasteiger partial charge in [-0.2, -0.15) is 4.57 Å². The van der Waals surface area contributed by atoms with Crippen molar-refractivity contribution in [3.63, 3.8) is 0 Å². The maximum absolute atomic E-state index is 12.5. The molecule has 0 saturated heterocycles. The van der Waals surface area contributed by atoms with E-state index in [9.17, 15) is 4.79 Å². The number of para-hydroxylation sites is 1. The van der Waals surface area contributed by atoms with Crippen molar-refractivity contribution in [2.75, 3.05) is 0 Å². The second-order valence-corrected chi connectivity index (χ2v) is 5.99. The number of hydrogen-bond donors (Lipinski definition) is 0. The van der Waals surface area contributed by atoms with Crippen molar-refractivity contribution in [1.29, 1.82) is 0 Å². The monoisotopic (exact) mass is 340 g/mol. The van der Waals surface area contributed by atoms with Crippen molar-refractivity contribution >= 4 is 32.6 Å². The molecule has 0 atom stereocenters. The molecular weight excluding hydrogens is 326 g/mol. The van der Waals surface area contributed by atoms with Crippen molar-refractivity contribution < 1.29 is 9.36 Å². The molecule has 0 N–H and O–H groups in total. The van der Waals surface area contributed by atoms with E-state index in [0.29, 0.717) is 6.54 Å². The van der Waals surface area contributed by atoms with Crippen molar-refractivity contribution in [2.45, 2.75) is 13.5 Å². The number of benzene rings is 2. The van der Waals surface area contributed by atoms with Crippen molar-refractivity contribution in [3.05, 3.63) is 76.4 Å². The quantitative estimate of drug-likeness (QED) is 0.519. The lowest BCUT2D eigenvalue weighted by molar-refractivity contribution is -0.657. The Morgan fingerprint density at radius 3 is 2.71 bits per heavy atom. The molecule has 0 radical (unpaired) electrons. The third kappa shape index (κ3) is 2.88. The molecule has 0 aliphatic rings. The number of nitrogens with zero attached hydrogens (tertiary/aromatic N) is 1. The third-order valence-corrected chi connectivity index (χ3v) is 4.10. The van der Waals surface area contributed by atoms with E-state index in [0.717, 1.165) is 15.6 Å². The summed E-state index contributed by atoms with van der Waals surface area (Å²) in [4.78, 5) is 12.5. The van der Waals surface area contributed by atoms with Gasteiger partial charge in [-0.15, -0.1) is 0 Å². The van der Waals surface area contributed by atoms with Crippen molar-refractivity contribution in [3.8, 4) is 0 Å². The maximum atomic E-state index is 12.5. The van der Waals surface area contributed by atoms with E-state index in [4.69, 9.17) is 0 Å². The molecule has 2 nitrogen and oxygen atoms in total. The number of halogens is 1. The Morgan fingerprint density at radius 2 is 1.90 bits per heavy atom. The lowest BCUT2D eigenvalue weighted by Gasteiger charge is -2.04. The minimum atomic E-state index is 0.107. The number of Topliss-reactive ketones (excluding diaryl/α,β-unsaturated/α-hetero) is 1. The number of aryl methyl sites for hydroxylation is 1. The van der Waals surface area contributed by atoms with E-state index in [-0.39, 0.29) is 5.78 Å². The van der Waals surface area contributed by atoms with Crippen LogP contribution in [-0.2, 0) is 6.54 Å². The largest absolute Gasteiger partial charge is 0.287 e. The molecular formula is C18H15BrNO+. The summed E-state index contributed by atoms with van der Waals surface area (Å²) >= 11 is 3.41. The smallest absolute Gasteiger partial charge is 0.227 e. The van der Waals surface area contributed by atoms with Crippen LogP contribution in [0.15, 0.2) is 65.3 Å². The molecule has 0 bridgehead atoms. The zero-order valence-electron chi connectivity index (χ0n) is 11.7. The Labute approximate surface area is 132 Å². The summed E-state index contributed by atoms with van der Waals surface area (Å²) < 4.78 is 2.93. The second-order valence-electron chi connectivity index (χ2n) is 5.08. The number of ketones is 1. The molecule has 3 rings (SSSR count). The maximum Gasteiger partial charge on any atom is 0.227 e. The fraction of sp³-hybridized carbons (Fsp3) is 0.111. The molecule has 3 heteroatoms. The number of rotatable bonds is 3. The second kappa shape index (κ2) is 5.78. The summed E-state index contributed by atoms with van der Waals surface area (Å²) in [6.45, 7) is 2.43. The fourth-order valence-electron chi connectivity index (χ4n) is 2.48. The highest BCUT2D eigenvalue weighted by Crippen LogP contribution is 2.15. The van der Waals surface area contributed by atoms with Crippen LogP contribution in [0.4, 0.5) is 0 Å². The van der Waals surface area contributed by atoms with Crippen LogP contribution < -0.4 is 4.57 Å². The molecule has 104 valence electrons. The van der Waals surface area contributed by atoms with E-state index < -0.39 is 0 Å². The first-order valence-corrected chi connectivity index (χ1v) is 7.61. The van der Waals surface area contributed by atoms with Gasteiger partial charge in [0.05, 0.1) is 0 Å². The molecule has 0 amide bonds. The van der Waals surface area contributed by atoms with Gasteiger partial charge in [-0.05, 0) is 30.7 Å². The van der Waals surface area contributed by atoms with Crippen LogP contribution in [0.2, 0.25) is 0 Å². The van der Waals surface area contributed by atoms with Gasteiger partial charge in [0.1, 0.15) is 0 Å². The van der Waals surface area contributed by atoms with Crippen molar-refractivity contribution in [1.82, 2.24) is 0 Å². The fourth-order valence-corrected chi connectivity index (χ4v) is 2.87. The summed E-state index contributed by atoms with van der Waals surface area (Å²) in [6.07, 6.45) is 1.98. The molecule has 0 aliphatic carbocycles. The third-order valence-electron chi connectivity index (χ3n) is 3.60. The van der Waals surface area contributed by atoms with Gasteiger partial charge in [0.2, 0.25) is 17.8 Å². The molecule has 3 aromatic rings. The summed E-state index contributed by atoms with van der Waals surface area (Å²) in [6, 6.07) is 17.7. The van der Waals surface area contributed by atoms with Crippen LogP contribution in [-0.4, -0.2) is 5.78 Å². The Kier molecular flexibility index (Phi) is 3.84. The minimum absolute atomic E-state index is 0.107. The molecule has 0 fully saturated rings. The number of pyridine rings is 1. The summed E-state index contributed by atoms with van der Waals surface area (Å²) in [5.41, 5.74) is 3.03. The molecule has 2 aromatic carbocycles. The van der Waals surface area contributed by atoms with Gasteiger partial charge < -0.3 is 0 Å². The Bertz CT molecular complexity index is 826. The first-order valence-electron chi connectivity index (χ1n) is 6.82. The Balaban J connectivity index is 1.99. The summed E-state index contributed by atoms with van der Waals surface area (Å²) in [5, 5.41) is 1.18. The van der Waals surface area contributed by atoms with Crippen LogP contribution in [0, 0.1) is 6.92 Å². The Hall–Kier alpha value is -2.00. The van der Waals surface area contributed by atoms with Gasteiger partial charge >= 0.3 is 0 Å². The predicted molar refractivity (Wildman–Crippen MR) is 87.4 cm³/mol. The van der Waals surface area contributed by atoms with Gasteiger partial charge in [-0.1, -0.05) is 40.2 Å². The van der Waals surface area contributed by atoms with Gasteiger partial charge in [-0.3, -0.25) is 4.79 Å². The highest BCUT2D eigenvalue weighted by molar-refractivity contribution is 9.10. The van der Waals surface area contributed by atoms with Crippen LogP contribution in [0.5, 0.6) is 0 Å². The highest BCUT2D eigenvalue weighted by atomic mass is 79.9. The number of hydrogen-bond acceptors (Lipinski definition) is 1. The van der Waals surface area contributed by atoms with Crippen LogP contribution in [0.25, 0.3) is 10.9 Å². The molecule has 0 unspecified atom stereocenters. The molecule has 21 heavy (non-hydrogen) atoms. The van der Waals surface area contributed by atoms with E-state index in [1.165, 1.54) is 10.9 Å². The summed E-state index contributed by atoms with van der Waals surface area (Å²) in [5.74, 6) is 0.107. The van der Waals surface area contributed by atoms with Gasteiger partial charge in [0, 0.05) is 27.6 Å². The Morgan fingerprint density at radius 1 is 1.10 bits per heavy atom. The highest BCUT2D eigenvalue weighted by Gasteiger charge is 2.16. The van der Waals surface area contributed by atoms with Crippen molar-refractivity contribution in [2.24, 2.45) is 0 Å². The standard InChI is InChI=1S/C18H15BrNO/c1-13-9-10-20(17-8-3-2-7-16(13)17)12-18(21)14-5-4-6-15(19)11-14/h2-11H,12H2,1H3/q+1. The average Bonchev–Trinajstić information content (AvgIpc) is 2.50. The van der Waals surface area contributed by atoms with Gasteiger partial charge in [0.25, 0.3) is 0 Å². The molecule has 0 aliphatic heterocycles. The SMILES string of the molecule is Cc1cc[n+](CC(=O)c2cccc(Br)c2)c2ccccc12. The van der Waals surface area contributed by atoms with Crippen LogP contribution in [0.3, 0.4) is 0 Å². The molecule has 0 spiro atoms. The van der Waals surface area contributed by atoms with E-state index >= 15 is 0 Å². The molecule has 1 aromatic heterocycles. The lowest BCUT2D eigenvalue weighted by atomic mass is 10.1.